The Morgan fingerprint density at radius 1 is 0.889 bits per heavy atom. The minimum absolute atomic E-state index is 0.634. The molecule has 0 aliphatic rings. The molecule has 3 heteroatoms. The fraction of sp³-hybridized carbons (Fsp3) is 0. The van der Waals surface area contributed by atoms with Crippen LogP contribution < -0.4 is 0 Å². The lowest BCUT2D eigenvalue weighted by Crippen LogP contribution is -1.75. The average molecular weight is 300 g/mol. The van der Waals surface area contributed by atoms with Gasteiger partial charge in [-0.15, -0.1) is 0 Å². The van der Waals surface area contributed by atoms with Crippen LogP contribution in [0.4, 0.5) is 0 Å². The topological polar surface area (TPSA) is 26.0 Å². The highest BCUT2D eigenvalue weighted by atomic mass is 79.9. The maximum absolute atomic E-state index is 5.78. The zero-order valence-electron chi connectivity index (χ0n) is 9.51. The molecular formula is C15H10BrNO. The molecule has 0 unspecified atom stereocenters. The molecule has 88 valence electrons. The fourth-order valence-corrected chi connectivity index (χ4v) is 2.16. The number of rotatable bonds is 2. The number of hydrogen-bond acceptors (Lipinski definition) is 2. The second kappa shape index (κ2) is 4.78. The molecule has 0 saturated heterocycles. The van der Waals surface area contributed by atoms with Crippen molar-refractivity contribution >= 4 is 15.9 Å². The molecule has 0 saturated carbocycles. The summed E-state index contributed by atoms with van der Waals surface area (Å²) in [5.41, 5.74) is 2.00. The van der Waals surface area contributed by atoms with Crippen LogP contribution >= 0.6 is 15.9 Å². The van der Waals surface area contributed by atoms with Gasteiger partial charge in [0.1, 0.15) is 0 Å². The van der Waals surface area contributed by atoms with Crippen molar-refractivity contribution in [3.05, 3.63) is 65.3 Å². The molecule has 0 radical (unpaired) electrons. The van der Waals surface area contributed by atoms with E-state index >= 15 is 0 Å². The van der Waals surface area contributed by atoms with Crippen molar-refractivity contribution in [2.24, 2.45) is 0 Å². The zero-order valence-corrected chi connectivity index (χ0v) is 11.1. The monoisotopic (exact) mass is 299 g/mol. The van der Waals surface area contributed by atoms with Gasteiger partial charge in [0.15, 0.2) is 5.76 Å². The van der Waals surface area contributed by atoms with Crippen molar-refractivity contribution in [2.75, 3.05) is 0 Å². The van der Waals surface area contributed by atoms with Gasteiger partial charge >= 0.3 is 0 Å². The molecule has 0 amide bonds. The van der Waals surface area contributed by atoms with Gasteiger partial charge in [0.05, 0.1) is 6.20 Å². The van der Waals surface area contributed by atoms with E-state index in [1.807, 2.05) is 54.6 Å². The van der Waals surface area contributed by atoms with Crippen LogP contribution in [0, 0.1) is 0 Å². The summed E-state index contributed by atoms with van der Waals surface area (Å²) in [4.78, 5) is 4.32. The number of hydrogen-bond donors (Lipinski definition) is 0. The molecule has 0 N–H and O–H groups in total. The highest BCUT2D eigenvalue weighted by Crippen LogP contribution is 2.27. The van der Waals surface area contributed by atoms with Gasteiger partial charge in [0.25, 0.3) is 0 Å². The molecule has 1 heterocycles. The molecule has 2 nitrogen and oxygen atoms in total. The van der Waals surface area contributed by atoms with E-state index in [1.54, 1.807) is 6.20 Å². The number of halogens is 1. The Hall–Kier alpha value is -1.87. The lowest BCUT2D eigenvalue weighted by Gasteiger charge is -1.97. The minimum Gasteiger partial charge on any atom is -0.436 e. The lowest BCUT2D eigenvalue weighted by molar-refractivity contribution is 0.589. The van der Waals surface area contributed by atoms with E-state index in [0.717, 1.165) is 21.4 Å². The van der Waals surface area contributed by atoms with Crippen LogP contribution in [0.2, 0.25) is 0 Å². The van der Waals surface area contributed by atoms with Crippen molar-refractivity contribution in [1.82, 2.24) is 4.98 Å². The van der Waals surface area contributed by atoms with Crippen LogP contribution in [-0.2, 0) is 0 Å². The SMILES string of the molecule is Brc1cccc(-c2ncc(-c3ccccc3)o2)c1. The van der Waals surface area contributed by atoms with Crippen molar-refractivity contribution < 1.29 is 4.42 Å². The van der Waals surface area contributed by atoms with Gasteiger partial charge in [-0.3, -0.25) is 0 Å². The van der Waals surface area contributed by atoms with Gasteiger partial charge in [-0.05, 0) is 18.2 Å². The zero-order chi connectivity index (χ0) is 12.4. The Balaban J connectivity index is 2.00. The quantitative estimate of drug-likeness (QED) is 0.681. The Kier molecular flexibility index (Phi) is 2.99. The maximum Gasteiger partial charge on any atom is 0.226 e. The smallest absolute Gasteiger partial charge is 0.226 e. The molecule has 0 aliphatic heterocycles. The van der Waals surface area contributed by atoms with Gasteiger partial charge < -0.3 is 4.42 Å². The summed E-state index contributed by atoms with van der Waals surface area (Å²) >= 11 is 3.44. The van der Waals surface area contributed by atoms with Crippen LogP contribution in [0.3, 0.4) is 0 Å². The highest BCUT2D eigenvalue weighted by molar-refractivity contribution is 9.10. The third-order valence-electron chi connectivity index (χ3n) is 2.64. The van der Waals surface area contributed by atoms with Crippen molar-refractivity contribution in [3.63, 3.8) is 0 Å². The molecule has 0 spiro atoms. The first-order valence-electron chi connectivity index (χ1n) is 5.60. The van der Waals surface area contributed by atoms with Gasteiger partial charge in [0.2, 0.25) is 5.89 Å². The van der Waals surface area contributed by atoms with E-state index in [1.165, 1.54) is 0 Å². The van der Waals surface area contributed by atoms with Crippen LogP contribution in [0.15, 0.2) is 69.7 Å². The molecule has 0 atom stereocenters. The Morgan fingerprint density at radius 3 is 2.44 bits per heavy atom. The number of oxazole rings is 1. The van der Waals surface area contributed by atoms with E-state index in [9.17, 15) is 0 Å². The molecule has 0 aliphatic carbocycles. The second-order valence-electron chi connectivity index (χ2n) is 3.91. The van der Waals surface area contributed by atoms with Crippen LogP contribution in [0.5, 0.6) is 0 Å². The first-order chi connectivity index (χ1) is 8.83. The molecule has 0 bridgehead atoms. The predicted molar refractivity (Wildman–Crippen MR) is 75.1 cm³/mol. The summed E-state index contributed by atoms with van der Waals surface area (Å²) < 4.78 is 6.79. The second-order valence-corrected chi connectivity index (χ2v) is 4.82. The van der Waals surface area contributed by atoms with E-state index in [-0.39, 0.29) is 0 Å². The fourth-order valence-electron chi connectivity index (χ4n) is 1.76. The standard InChI is InChI=1S/C15H10BrNO/c16-13-8-4-7-12(9-13)15-17-10-14(18-15)11-5-2-1-3-6-11/h1-10H. The Labute approximate surface area is 113 Å². The largest absolute Gasteiger partial charge is 0.436 e. The average Bonchev–Trinajstić information content (AvgIpc) is 2.89. The summed E-state index contributed by atoms with van der Waals surface area (Å²) in [5.74, 6) is 1.42. The first-order valence-corrected chi connectivity index (χ1v) is 6.39. The molecule has 18 heavy (non-hydrogen) atoms. The summed E-state index contributed by atoms with van der Waals surface area (Å²) in [6, 6.07) is 17.9. The van der Waals surface area contributed by atoms with Gasteiger partial charge in [-0.2, -0.15) is 0 Å². The van der Waals surface area contributed by atoms with Crippen molar-refractivity contribution in [3.8, 4) is 22.8 Å². The van der Waals surface area contributed by atoms with Gasteiger partial charge in [-0.25, -0.2) is 4.98 Å². The minimum atomic E-state index is 0.634. The summed E-state index contributed by atoms with van der Waals surface area (Å²) in [5, 5.41) is 0. The van der Waals surface area contributed by atoms with E-state index in [2.05, 4.69) is 20.9 Å². The Bertz CT molecular complexity index is 661. The molecule has 1 aromatic heterocycles. The summed E-state index contributed by atoms with van der Waals surface area (Å²) in [6.07, 6.45) is 1.76. The number of nitrogens with zero attached hydrogens (tertiary/aromatic N) is 1. The van der Waals surface area contributed by atoms with Gasteiger partial charge in [-0.1, -0.05) is 52.3 Å². The third-order valence-corrected chi connectivity index (χ3v) is 3.13. The van der Waals surface area contributed by atoms with Gasteiger partial charge in [0, 0.05) is 15.6 Å². The third kappa shape index (κ3) is 2.22. The highest BCUT2D eigenvalue weighted by Gasteiger charge is 2.08. The van der Waals surface area contributed by atoms with E-state index in [0.29, 0.717) is 5.89 Å². The molecular weight excluding hydrogens is 290 g/mol. The normalized spacial score (nSPS) is 10.5. The Morgan fingerprint density at radius 2 is 1.67 bits per heavy atom. The number of benzene rings is 2. The van der Waals surface area contributed by atoms with E-state index in [4.69, 9.17) is 4.42 Å². The maximum atomic E-state index is 5.78. The van der Waals surface area contributed by atoms with Crippen molar-refractivity contribution in [2.45, 2.75) is 0 Å². The summed E-state index contributed by atoms with van der Waals surface area (Å²) in [6.45, 7) is 0. The van der Waals surface area contributed by atoms with Crippen LogP contribution in [0.25, 0.3) is 22.8 Å². The molecule has 3 rings (SSSR count). The molecule has 3 aromatic rings. The lowest BCUT2D eigenvalue weighted by atomic mass is 10.2. The van der Waals surface area contributed by atoms with Crippen molar-refractivity contribution in [1.29, 1.82) is 0 Å². The first kappa shape index (κ1) is 11.2. The van der Waals surface area contributed by atoms with Crippen LogP contribution in [0.1, 0.15) is 0 Å². The molecule has 2 aromatic carbocycles. The predicted octanol–water partition coefficient (Wildman–Crippen LogP) is 4.77. The number of aromatic nitrogens is 1. The molecule has 0 fully saturated rings. The summed E-state index contributed by atoms with van der Waals surface area (Å²) in [7, 11) is 0. The van der Waals surface area contributed by atoms with E-state index < -0.39 is 0 Å². The van der Waals surface area contributed by atoms with Crippen LogP contribution in [-0.4, -0.2) is 4.98 Å².